The van der Waals surface area contributed by atoms with Gasteiger partial charge in [0.05, 0.1) is 6.20 Å². The van der Waals surface area contributed by atoms with Gasteiger partial charge in [-0.2, -0.15) is 0 Å². The van der Waals surface area contributed by atoms with Gasteiger partial charge in [-0.05, 0) is 31.1 Å². The summed E-state index contributed by atoms with van der Waals surface area (Å²) in [5.74, 6) is 1.74. The monoisotopic (exact) mass is 273 g/mol. The van der Waals surface area contributed by atoms with Crippen LogP contribution in [0.1, 0.15) is 39.5 Å². The van der Waals surface area contributed by atoms with E-state index in [4.69, 9.17) is 0 Å². The van der Waals surface area contributed by atoms with Gasteiger partial charge < -0.3 is 15.0 Å². The first kappa shape index (κ1) is 13.2. The van der Waals surface area contributed by atoms with E-state index < -0.39 is 0 Å². The Hall–Kier alpha value is -1.78. The Morgan fingerprint density at radius 2 is 2.05 bits per heavy atom. The van der Waals surface area contributed by atoms with Crippen molar-refractivity contribution < 1.29 is 0 Å². The fraction of sp³-hybridized carbons (Fsp3) is 0.600. The Labute approximate surface area is 119 Å². The van der Waals surface area contributed by atoms with E-state index in [2.05, 4.69) is 34.4 Å². The van der Waals surface area contributed by atoms with Crippen molar-refractivity contribution in [1.82, 2.24) is 14.4 Å². The lowest BCUT2D eigenvalue weighted by atomic mass is 9.75. The second kappa shape index (κ2) is 4.96. The third-order valence-corrected chi connectivity index (χ3v) is 4.31. The average Bonchev–Trinajstić information content (AvgIpc) is 2.89. The van der Waals surface area contributed by atoms with Gasteiger partial charge in [0.1, 0.15) is 5.82 Å². The Bertz CT molecular complexity index is 591. The Morgan fingerprint density at radius 3 is 2.75 bits per heavy atom. The van der Waals surface area contributed by atoms with E-state index in [1.807, 2.05) is 30.0 Å². The molecule has 1 aliphatic rings. The van der Waals surface area contributed by atoms with Crippen LogP contribution in [0.3, 0.4) is 0 Å². The Kier molecular flexibility index (Phi) is 3.28. The first-order valence-corrected chi connectivity index (χ1v) is 7.35. The molecule has 5 nitrogen and oxygen atoms in total. The molecule has 0 aliphatic heterocycles. The summed E-state index contributed by atoms with van der Waals surface area (Å²) in [6, 6.07) is 0.503. The number of nitrogens with zero attached hydrogens (tertiary/aromatic N) is 3. The molecule has 108 valence electrons. The zero-order valence-electron chi connectivity index (χ0n) is 12.5. The minimum absolute atomic E-state index is 0.487. The van der Waals surface area contributed by atoms with Crippen molar-refractivity contribution in [2.45, 2.75) is 45.6 Å². The van der Waals surface area contributed by atoms with Crippen LogP contribution in [0.2, 0.25) is 0 Å². The van der Waals surface area contributed by atoms with Crippen molar-refractivity contribution in [2.75, 3.05) is 17.7 Å². The van der Waals surface area contributed by atoms with E-state index in [9.17, 15) is 0 Å². The van der Waals surface area contributed by atoms with E-state index in [1.165, 1.54) is 25.7 Å². The van der Waals surface area contributed by atoms with Gasteiger partial charge in [-0.1, -0.05) is 13.8 Å². The van der Waals surface area contributed by atoms with Crippen LogP contribution in [-0.4, -0.2) is 27.5 Å². The molecule has 0 radical (unpaired) electrons. The number of hydrogen-bond donors (Lipinski definition) is 2. The van der Waals surface area contributed by atoms with E-state index in [0.29, 0.717) is 11.5 Å². The topological polar surface area (TPSA) is 54.2 Å². The number of nitrogens with one attached hydrogen (secondary N) is 2. The molecule has 2 heterocycles. The molecular weight excluding hydrogens is 250 g/mol. The van der Waals surface area contributed by atoms with Gasteiger partial charge in [0.25, 0.3) is 0 Å². The van der Waals surface area contributed by atoms with Crippen molar-refractivity contribution in [3.63, 3.8) is 0 Å². The smallest absolute Gasteiger partial charge is 0.180 e. The molecule has 2 N–H and O–H groups in total. The molecule has 20 heavy (non-hydrogen) atoms. The normalized spacial score (nSPS) is 19.1. The number of hydrogen-bond acceptors (Lipinski definition) is 4. The molecule has 5 heteroatoms. The van der Waals surface area contributed by atoms with Crippen molar-refractivity contribution in [3.8, 4) is 0 Å². The highest BCUT2D eigenvalue weighted by molar-refractivity contribution is 5.65. The predicted molar refractivity (Wildman–Crippen MR) is 82.2 cm³/mol. The highest BCUT2D eigenvalue weighted by Crippen LogP contribution is 2.36. The SMILES string of the molecule is CNc1cn2ccnc2c(NC2CCC(C)(C)CC2)n1. The summed E-state index contributed by atoms with van der Waals surface area (Å²) < 4.78 is 2.01. The molecule has 1 fully saturated rings. The van der Waals surface area contributed by atoms with Crippen LogP contribution in [-0.2, 0) is 0 Å². The van der Waals surface area contributed by atoms with Crippen LogP contribution in [0.25, 0.3) is 5.65 Å². The molecule has 0 unspecified atom stereocenters. The average molecular weight is 273 g/mol. The molecule has 0 amide bonds. The lowest BCUT2D eigenvalue weighted by molar-refractivity contribution is 0.232. The van der Waals surface area contributed by atoms with Crippen LogP contribution >= 0.6 is 0 Å². The molecule has 0 atom stereocenters. The highest BCUT2D eigenvalue weighted by atomic mass is 15.1. The van der Waals surface area contributed by atoms with Crippen molar-refractivity contribution in [2.24, 2.45) is 5.41 Å². The number of aromatic nitrogens is 3. The van der Waals surface area contributed by atoms with Gasteiger partial charge in [0.2, 0.25) is 0 Å². The summed E-state index contributed by atoms with van der Waals surface area (Å²) >= 11 is 0. The van der Waals surface area contributed by atoms with Gasteiger partial charge in [-0.3, -0.25) is 0 Å². The minimum atomic E-state index is 0.487. The van der Waals surface area contributed by atoms with Gasteiger partial charge in [0.15, 0.2) is 11.5 Å². The fourth-order valence-corrected chi connectivity index (χ4v) is 2.89. The summed E-state index contributed by atoms with van der Waals surface area (Å²) in [6.45, 7) is 4.71. The molecule has 0 bridgehead atoms. The zero-order chi connectivity index (χ0) is 14.2. The molecule has 2 aromatic rings. The molecule has 1 aliphatic carbocycles. The maximum absolute atomic E-state index is 4.62. The standard InChI is InChI=1S/C15H23N5/c1-15(2)6-4-11(5-7-15)18-13-14-17-8-9-20(14)10-12(16-3)19-13/h8-11,16H,4-7H2,1-3H3,(H,18,19). The third-order valence-electron chi connectivity index (χ3n) is 4.31. The highest BCUT2D eigenvalue weighted by Gasteiger charge is 2.27. The van der Waals surface area contributed by atoms with Crippen LogP contribution in [0.15, 0.2) is 18.6 Å². The Balaban J connectivity index is 1.82. The van der Waals surface area contributed by atoms with Crippen LogP contribution in [0.4, 0.5) is 11.6 Å². The molecule has 3 rings (SSSR count). The summed E-state index contributed by atoms with van der Waals surface area (Å²) in [5, 5.41) is 6.69. The molecule has 2 aromatic heterocycles. The predicted octanol–water partition coefficient (Wildman–Crippen LogP) is 3.15. The second-order valence-corrected chi connectivity index (χ2v) is 6.47. The van der Waals surface area contributed by atoms with Crippen molar-refractivity contribution >= 4 is 17.3 Å². The van der Waals surface area contributed by atoms with Crippen LogP contribution < -0.4 is 10.6 Å². The Morgan fingerprint density at radius 1 is 1.30 bits per heavy atom. The lowest BCUT2D eigenvalue weighted by Gasteiger charge is -2.34. The third kappa shape index (κ3) is 2.57. The summed E-state index contributed by atoms with van der Waals surface area (Å²) in [4.78, 5) is 9.01. The fourth-order valence-electron chi connectivity index (χ4n) is 2.89. The number of rotatable bonds is 3. The number of anilines is 2. The van der Waals surface area contributed by atoms with Crippen LogP contribution in [0.5, 0.6) is 0 Å². The van der Waals surface area contributed by atoms with E-state index in [0.717, 1.165) is 17.3 Å². The summed E-state index contributed by atoms with van der Waals surface area (Å²) in [6.07, 6.45) is 10.6. The largest absolute Gasteiger partial charge is 0.372 e. The molecule has 0 spiro atoms. The zero-order valence-corrected chi connectivity index (χ0v) is 12.5. The maximum atomic E-state index is 4.62. The van der Waals surface area contributed by atoms with E-state index in [1.54, 1.807) is 0 Å². The van der Waals surface area contributed by atoms with Gasteiger partial charge >= 0.3 is 0 Å². The lowest BCUT2D eigenvalue weighted by Crippen LogP contribution is -2.30. The molecule has 0 saturated heterocycles. The number of fused-ring (bicyclic) bond motifs is 1. The molecule has 0 aromatic carbocycles. The molecular formula is C15H23N5. The van der Waals surface area contributed by atoms with Gasteiger partial charge in [0, 0.05) is 25.5 Å². The first-order valence-electron chi connectivity index (χ1n) is 7.35. The minimum Gasteiger partial charge on any atom is -0.372 e. The van der Waals surface area contributed by atoms with Crippen molar-refractivity contribution in [3.05, 3.63) is 18.6 Å². The van der Waals surface area contributed by atoms with Crippen LogP contribution in [0, 0.1) is 5.41 Å². The maximum Gasteiger partial charge on any atom is 0.180 e. The summed E-state index contributed by atoms with van der Waals surface area (Å²) in [7, 11) is 1.89. The molecule has 1 saturated carbocycles. The van der Waals surface area contributed by atoms with E-state index >= 15 is 0 Å². The second-order valence-electron chi connectivity index (χ2n) is 6.47. The van der Waals surface area contributed by atoms with E-state index in [-0.39, 0.29) is 0 Å². The van der Waals surface area contributed by atoms with Gasteiger partial charge in [-0.15, -0.1) is 0 Å². The summed E-state index contributed by atoms with van der Waals surface area (Å²) in [5.41, 5.74) is 1.38. The number of imidazole rings is 1. The first-order chi connectivity index (χ1) is 9.57. The van der Waals surface area contributed by atoms with Gasteiger partial charge in [-0.25, -0.2) is 9.97 Å². The quantitative estimate of drug-likeness (QED) is 0.902. The van der Waals surface area contributed by atoms with Crippen molar-refractivity contribution in [1.29, 1.82) is 0 Å².